The van der Waals surface area contributed by atoms with Gasteiger partial charge in [-0.25, -0.2) is 4.99 Å². The van der Waals surface area contributed by atoms with E-state index in [1.807, 2.05) is 36.4 Å². The number of aliphatic imine (C=N–C) groups is 1. The Hall–Kier alpha value is -2.51. The Morgan fingerprint density at radius 1 is 1.11 bits per heavy atom. The van der Waals surface area contributed by atoms with Crippen LogP contribution < -0.4 is 10.1 Å². The second-order valence-electron chi connectivity index (χ2n) is 8.51. The number of hydrogen-bond acceptors (Lipinski definition) is 5. The van der Waals surface area contributed by atoms with Crippen LogP contribution in [0, 0.1) is 0 Å². The van der Waals surface area contributed by atoms with Crippen molar-refractivity contribution in [3.05, 3.63) is 53.6 Å². The highest BCUT2D eigenvalue weighted by Crippen LogP contribution is 2.31. The first-order valence-electron chi connectivity index (χ1n) is 12.3. The molecule has 1 unspecified atom stereocenters. The standard InChI is InChI=1S/C27H34ClN3O3S/c1-3-5-6-7-8-16-31-25(32)19-24(35-27(31)30-22-11-9-10-20(28)18-22)26(33)29-21-12-14-23(15-13-21)34-17-4-2/h9-15,18,24H,3-8,16-17,19H2,1-2H3,(H,29,33). The molecule has 1 fully saturated rings. The number of unbranched alkanes of at least 4 members (excludes halogenated alkanes) is 4. The van der Waals surface area contributed by atoms with Gasteiger partial charge in [0.15, 0.2) is 5.17 Å². The third-order valence-electron chi connectivity index (χ3n) is 5.54. The van der Waals surface area contributed by atoms with Crippen molar-refractivity contribution in [2.45, 2.75) is 64.0 Å². The van der Waals surface area contributed by atoms with Crippen LogP contribution in [0.25, 0.3) is 0 Å². The maximum Gasteiger partial charge on any atom is 0.238 e. The van der Waals surface area contributed by atoms with E-state index in [4.69, 9.17) is 21.3 Å². The number of nitrogens with zero attached hydrogens (tertiary/aromatic N) is 2. The summed E-state index contributed by atoms with van der Waals surface area (Å²) in [6.45, 7) is 5.48. The first-order chi connectivity index (χ1) is 17.0. The SMILES string of the molecule is CCCCCCCN1C(=O)CC(C(=O)Nc2ccc(OCCC)cc2)SC1=Nc1cccc(Cl)c1. The molecular weight excluding hydrogens is 482 g/mol. The predicted octanol–water partition coefficient (Wildman–Crippen LogP) is 7.06. The van der Waals surface area contributed by atoms with Crippen molar-refractivity contribution in [3.8, 4) is 5.75 Å². The number of carbonyl (C=O) groups is 2. The monoisotopic (exact) mass is 515 g/mol. The molecule has 1 aliphatic rings. The molecule has 0 spiro atoms. The van der Waals surface area contributed by atoms with Crippen molar-refractivity contribution in [2.24, 2.45) is 4.99 Å². The summed E-state index contributed by atoms with van der Waals surface area (Å²) in [7, 11) is 0. The van der Waals surface area contributed by atoms with Crippen LogP contribution >= 0.6 is 23.4 Å². The average Bonchev–Trinajstić information content (AvgIpc) is 2.84. The van der Waals surface area contributed by atoms with Crippen molar-refractivity contribution in [2.75, 3.05) is 18.5 Å². The highest BCUT2D eigenvalue weighted by Gasteiger charge is 2.35. The van der Waals surface area contributed by atoms with Gasteiger partial charge in [0.05, 0.1) is 12.3 Å². The molecule has 1 saturated heterocycles. The minimum atomic E-state index is -0.562. The van der Waals surface area contributed by atoms with Crippen molar-refractivity contribution in [3.63, 3.8) is 0 Å². The normalized spacial score (nSPS) is 17.0. The predicted molar refractivity (Wildman–Crippen MR) is 146 cm³/mol. The van der Waals surface area contributed by atoms with Crippen LogP contribution in [-0.4, -0.2) is 40.3 Å². The number of benzene rings is 2. The third-order valence-corrected chi connectivity index (χ3v) is 6.97. The summed E-state index contributed by atoms with van der Waals surface area (Å²) in [6.07, 6.45) is 6.56. The molecule has 35 heavy (non-hydrogen) atoms. The number of anilines is 1. The molecule has 1 atom stereocenters. The van der Waals surface area contributed by atoms with Crippen molar-refractivity contribution < 1.29 is 14.3 Å². The van der Waals surface area contributed by atoms with E-state index in [1.165, 1.54) is 24.6 Å². The van der Waals surface area contributed by atoms with Gasteiger partial charge in [0, 0.05) is 23.7 Å². The number of amides is 2. The summed E-state index contributed by atoms with van der Waals surface area (Å²) in [4.78, 5) is 32.6. The van der Waals surface area contributed by atoms with Gasteiger partial charge in [-0.1, -0.05) is 69.0 Å². The van der Waals surface area contributed by atoms with Gasteiger partial charge in [-0.2, -0.15) is 0 Å². The Labute approximate surface area is 217 Å². The summed E-state index contributed by atoms with van der Waals surface area (Å²) in [5.41, 5.74) is 1.33. The van der Waals surface area contributed by atoms with E-state index in [9.17, 15) is 9.59 Å². The largest absolute Gasteiger partial charge is 0.494 e. The van der Waals surface area contributed by atoms with E-state index in [0.717, 1.165) is 31.4 Å². The number of halogens is 1. The number of amidine groups is 1. The van der Waals surface area contributed by atoms with E-state index < -0.39 is 5.25 Å². The molecule has 188 valence electrons. The lowest BCUT2D eigenvalue weighted by Crippen LogP contribution is -2.45. The van der Waals surface area contributed by atoms with Crippen LogP contribution in [0.1, 0.15) is 58.8 Å². The Morgan fingerprint density at radius 2 is 1.89 bits per heavy atom. The molecule has 2 aromatic rings. The third kappa shape index (κ3) is 8.58. The smallest absolute Gasteiger partial charge is 0.238 e. The molecule has 0 bridgehead atoms. The zero-order chi connectivity index (χ0) is 25.0. The van der Waals surface area contributed by atoms with Crippen molar-refractivity contribution in [1.82, 2.24) is 4.90 Å². The minimum absolute atomic E-state index is 0.0801. The first kappa shape index (κ1) is 27.1. The first-order valence-corrected chi connectivity index (χ1v) is 13.6. The van der Waals surface area contributed by atoms with Gasteiger partial charge in [-0.3, -0.25) is 14.5 Å². The van der Waals surface area contributed by atoms with Crippen molar-refractivity contribution in [1.29, 1.82) is 0 Å². The molecule has 1 aliphatic heterocycles. The average molecular weight is 516 g/mol. The number of thioether (sulfide) groups is 1. The van der Waals surface area contributed by atoms with Crippen LogP contribution in [0.2, 0.25) is 5.02 Å². The zero-order valence-electron chi connectivity index (χ0n) is 20.5. The number of nitrogens with one attached hydrogen (secondary N) is 1. The molecule has 2 aromatic carbocycles. The maximum atomic E-state index is 13.1. The van der Waals surface area contributed by atoms with E-state index in [-0.39, 0.29) is 18.2 Å². The lowest BCUT2D eigenvalue weighted by Gasteiger charge is -2.32. The Morgan fingerprint density at radius 3 is 2.60 bits per heavy atom. The molecular formula is C27H34ClN3O3S. The number of ether oxygens (including phenoxy) is 1. The van der Waals surface area contributed by atoms with Gasteiger partial charge in [0.2, 0.25) is 11.8 Å². The van der Waals surface area contributed by atoms with Gasteiger partial charge in [0.1, 0.15) is 11.0 Å². The summed E-state index contributed by atoms with van der Waals surface area (Å²) in [5.74, 6) is 0.466. The Bertz CT molecular complexity index is 1010. The highest BCUT2D eigenvalue weighted by molar-refractivity contribution is 8.15. The lowest BCUT2D eigenvalue weighted by atomic mass is 10.1. The molecule has 0 saturated carbocycles. The quantitative estimate of drug-likeness (QED) is 0.307. The molecule has 6 nitrogen and oxygen atoms in total. The molecule has 0 aromatic heterocycles. The van der Waals surface area contributed by atoms with Crippen LogP contribution in [0.4, 0.5) is 11.4 Å². The van der Waals surface area contributed by atoms with E-state index in [0.29, 0.717) is 34.7 Å². The number of carbonyl (C=O) groups excluding carboxylic acids is 2. The van der Waals surface area contributed by atoms with Gasteiger partial charge in [-0.05, 0) is 55.3 Å². The Balaban J connectivity index is 1.71. The fourth-order valence-corrected chi connectivity index (χ4v) is 4.98. The van der Waals surface area contributed by atoms with Gasteiger partial charge < -0.3 is 10.1 Å². The van der Waals surface area contributed by atoms with E-state index in [2.05, 4.69) is 19.2 Å². The molecule has 0 radical (unpaired) electrons. The summed E-state index contributed by atoms with van der Waals surface area (Å²) < 4.78 is 5.60. The lowest BCUT2D eigenvalue weighted by molar-refractivity contribution is -0.129. The van der Waals surface area contributed by atoms with Crippen LogP contribution in [0.5, 0.6) is 5.75 Å². The van der Waals surface area contributed by atoms with E-state index >= 15 is 0 Å². The summed E-state index contributed by atoms with van der Waals surface area (Å²) in [5, 5.41) is 3.48. The summed E-state index contributed by atoms with van der Waals surface area (Å²) >= 11 is 7.47. The van der Waals surface area contributed by atoms with E-state index in [1.54, 1.807) is 17.0 Å². The number of rotatable bonds is 12. The molecule has 1 N–H and O–H groups in total. The summed E-state index contributed by atoms with van der Waals surface area (Å²) in [6, 6.07) is 14.5. The van der Waals surface area contributed by atoms with Crippen LogP contribution in [-0.2, 0) is 9.59 Å². The van der Waals surface area contributed by atoms with Crippen LogP contribution in [0.3, 0.4) is 0 Å². The minimum Gasteiger partial charge on any atom is -0.494 e. The molecule has 8 heteroatoms. The fraction of sp³-hybridized carbons (Fsp3) is 0.444. The van der Waals surface area contributed by atoms with Crippen LogP contribution in [0.15, 0.2) is 53.5 Å². The second kappa shape index (κ2) is 14.1. The van der Waals surface area contributed by atoms with Crippen molar-refractivity contribution >= 4 is 51.7 Å². The highest BCUT2D eigenvalue weighted by atomic mass is 35.5. The Kier molecular flexibility index (Phi) is 10.9. The molecule has 1 heterocycles. The maximum absolute atomic E-state index is 13.1. The fourth-order valence-electron chi connectivity index (χ4n) is 3.67. The van der Waals surface area contributed by atoms with Gasteiger partial charge >= 0.3 is 0 Å². The topological polar surface area (TPSA) is 71.0 Å². The van der Waals surface area contributed by atoms with Gasteiger partial charge in [-0.15, -0.1) is 0 Å². The van der Waals surface area contributed by atoms with Gasteiger partial charge in [0.25, 0.3) is 0 Å². The second-order valence-corrected chi connectivity index (χ2v) is 10.1. The number of hydrogen-bond donors (Lipinski definition) is 1. The molecule has 0 aliphatic carbocycles. The molecule has 2 amide bonds. The molecule has 3 rings (SSSR count). The zero-order valence-corrected chi connectivity index (χ0v) is 22.0.